The lowest BCUT2D eigenvalue weighted by molar-refractivity contribution is -0.915. The highest BCUT2D eigenvalue weighted by Crippen LogP contribution is 2.26. The molecule has 2 fully saturated rings. The first-order valence-corrected chi connectivity index (χ1v) is 10.4. The number of piperazine rings is 1. The number of imide groups is 1. The number of quaternary nitrogens is 1. The van der Waals surface area contributed by atoms with Crippen molar-refractivity contribution >= 4 is 34.8 Å². The van der Waals surface area contributed by atoms with Crippen LogP contribution in [0.1, 0.15) is 13.3 Å². The summed E-state index contributed by atoms with van der Waals surface area (Å²) in [6.07, 6.45) is 0.258. The maximum absolute atomic E-state index is 13.1. The van der Waals surface area contributed by atoms with Crippen LogP contribution in [0, 0.1) is 0 Å². The van der Waals surface area contributed by atoms with Crippen molar-refractivity contribution in [2.75, 3.05) is 42.6 Å². The van der Waals surface area contributed by atoms with Crippen LogP contribution in [0.2, 0.25) is 5.02 Å². The first-order valence-electron chi connectivity index (χ1n) is 10.0. The summed E-state index contributed by atoms with van der Waals surface area (Å²) < 4.78 is 5.51. The van der Waals surface area contributed by atoms with E-state index in [2.05, 4.69) is 4.90 Å². The molecule has 2 aromatic carbocycles. The van der Waals surface area contributed by atoms with Gasteiger partial charge in [-0.2, -0.15) is 0 Å². The average molecular weight is 415 g/mol. The van der Waals surface area contributed by atoms with Crippen molar-refractivity contribution in [1.29, 1.82) is 0 Å². The number of carbonyl (C=O) groups is 2. The fraction of sp³-hybridized carbons (Fsp3) is 0.364. The predicted molar refractivity (Wildman–Crippen MR) is 113 cm³/mol. The number of benzene rings is 2. The molecule has 0 unspecified atom stereocenters. The van der Waals surface area contributed by atoms with Crippen LogP contribution in [-0.4, -0.2) is 50.6 Å². The van der Waals surface area contributed by atoms with Crippen LogP contribution < -0.4 is 19.4 Å². The molecule has 0 saturated carbocycles. The SMILES string of the molecule is CCOc1cccc(N2C(=O)C[C@@H]([NH+]3CCN(c4ccc(Cl)cc4)CC3)C2=O)c1. The molecular weight excluding hydrogens is 390 g/mol. The molecule has 1 N–H and O–H groups in total. The van der Waals surface area contributed by atoms with Crippen LogP contribution in [0.5, 0.6) is 5.75 Å². The monoisotopic (exact) mass is 414 g/mol. The Morgan fingerprint density at radius 3 is 2.48 bits per heavy atom. The van der Waals surface area contributed by atoms with E-state index in [1.165, 1.54) is 9.80 Å². The van der Waals surface area contributed by atoms with E-state index in [-0.39, 0.29) is 24.3 Å². The number of nitrogens with zero attached hydrogens (tertiary/aromatic N) is 2. The van der Waals surface area contributed by atoms with Gasteiger partial charge in [0.15, 0.2) is 6.04 Å². The highest BCUT2D eigenvalue weighted by atomic mass is 35.5. The van der Waals surface area contributed by atoms with E-state index in [1.54, 1.807) is 12.1 Å². The molecule has 2 amide bonds. The second kappa shape index (κ2) is 8.43. The molecule has 1 atom stereocenters. The zero-order valence-corrected chi connectivity index (χ0v) is 17.2. The Bertz CT molecular complexity index is 894. The molecule has 2 heterocycles. The molecule has 2 aliphatic heterocycles. The number of hydrogen-bond donors (Lipinski definition) is 1. The first kappa shape index (κ1) is 19.7. The minimum absolute atomic E-state index is 0.112. The average Bonchev–Trinajstić information content (AvgIpc) is 3.03. The lowest BCUT2D eigenvalue weighted by Crippen LogP contribution is -3.19. The van der Waals surface area contributed by atoms with Gasteiger partial charge in [0, 0.05) is 16.8 Å². The van der Waals surface area contributed by atoms with E-state index < -0.39 is 0 Å². The van der Waals surface area contributed by atoms with Crippen molar-refractivity contribution in [1.82, 2.24) is 0 Å². The maximum atomic E-state index is 13.1. The van der Waals surface area contributed by atoms with Crippen LogP contribution in [0.25, 0.3) is 0 Å². The summed E-state index contributed by atoms with van der Waals surface area (Å²) in [5, 5.41) is 0.724. The summed E-state index contributed by atoms with van der Waals surface area (Å²) in [5.41, 5.74) is 1.73. The molecule has 0 aliphatic carbocycles. The quantitative estimate of drug-likeness (QED) is 0.758. The van der Waals surface area contributed by atoms with Crippen LogP contribution in [0.3, 0.4) is 0 Å². The third kappa shape index (κ3) is 4.09. The Hall–Kier alpha value is -2.57. The minimum atomic E-state index is -0.314. The number of rotatable bonds is 5. The number of halogens is 1. The number of ether oxygens (including phenoxy) is 1. The number of amides is 2. The van der Waals surface area contributed by atoms with Crippen LogP contribution in [-0.2, 0) is 9.59 Å². The van der Waals surface area contributed by atoms with Gasteiger partial charge >= 0.3 is 0 Å². The van der Waals surface area contributed by atoms with Crippen molar-refractivity contribution in [3.63, 3.8) is 0 Å². The highest BCUT2D eigenvalue weighted by molar-refractivity contribution is 6.30. The lowest BCUT2D eigenvalue weighted by Gasteiger charge is -2.35. The fourth-order valence-electron chi connectivity index (χ4n) is 4.15. The summed E-state index contributed by atoms with van der Waals surface area (Å²) in [7, 11) is 0. The Balaban J connectivity index is 1.43. The standard InChI is InChI=1S/C22H24ClN3O3/c1-2-29-19-5-3-4-18(14-19)26-21(27)15-20(22(26)28)25-12-10-24(11-13-25)17-8-6-16(23)7-9-17/h3-9,14,20H,2,10-13,15H2,1H3/p+1/t20-/m1/s1. The van der Waals surface area contributed by atoms with Gasteiger partial charge in [-0.3, -0.25) is 9.59 Å². The Morgan fingerprint density at radius 2 is 1.79 bits per heavy atom. The summed E-state index contributed by atoms with van der Waals surface area (Å²) in [6.45, 7) is 5.76. The van der Waals surface area contributed by atoms with E-state index >= 15 is 0 Å². The second-order valence-corrected chi connectivity index (χ2v) is 7.81. The number of carbonyl (C=O) groups excluding carboxylic acids is 2. The first-order chi connectivity index (χ1) is 14.1. The Labute approximate surface area is 175 Å². The van der Waals surface area contributed by atoms with Gasteiger partial charge in [-0.15, -0.1) is 0 Å². The predicted octanol–water partition coefficient (Wildman–Crippen LogP) is 1.78. The van der Waals surface area contributed by atoms with E-state index in [0.29, 0.717) is 18.0 Å². The van der Waals surface area contributed by atoms with Crippen LogP contribution in [0.15, 0.2) is 48.5 Å². The van der Waals surface area contributed by atoms with Gasteiger partial charge in [-0.25, -0.2) is 4.90 Å². The third-order valence-electron chi connectivity index (χ3n) is 5.62. The van der Waals surface area contributed by atoms with Gasteiger partial charge in [0.2, 0.25) is 5.91 Å². The molecule has 29 heavy (non-hydrogen) atoms. The molecule has 6 nitrogen and oxygen atoms in total. The van der Waals surface area contributed by atoms with Gasteiger partial charge in [0.1, 0.15) is 5.75 Å². The lowest BCUT2D eigenvalue weighted by atomic mass is 10.1. The summed E-state index contributed by atoms with van der Waals surface area (Å²) in [4.78, 5) is 30.5. The summed E-state index contributed by atoms with van der Waals surface area (Å²) in [5.74, 6) is 0.415. The van der Waals surface area contributed by atoms with Gasteiger partial charge < -0.3 is 14.5 Å². The molecule has 0 aromatic heterocycles. The Morgan fingerprint density at radius 1 is 1.07 bits per heavy atom. The second-order valence-electron chi connectivity index (χ2n) is 7.38. The van der Waals surface area contributed by atoms with E-state index in [1.807, 2.05) is 43.3 Å². The van der Waals surface area contributed by atoms with E-state index in [9.17, 15) is 9.59 Å². The minimum Gasteiger partial charge on any atom is -0.494 e. The Kier molecular flexibility index (Phi) is 5.74. The topological polar surface area (TPSA) is 54.3 Å². The van der Waals surface area contributed by atoms with E-state index in [0.717, 1.165) is 36.9 Å². The number of hydrogen-bond acceptors (Lipinski definition) is 4. The molecule has 2 saturated heterocycles. The van der Waals surface area contributed by atoms with Crippen LogP contribution in [0.4, 0.5) is 11.4 Å². The van der Waals surface area contributed by atoms with Crippen molar-refractivity contribution in [3.05, 3.63) is 53.6 Å². The number of nitrogens with one attached hydrogen (secondary N) is 1. The fourth-order valence-corrected chi connectivity index (χ4v) is 4.28. The molecular formula is C22H25ClN3O3+. The zero-order valence-electron chi connectivity index (χ0n) is 16.4. The molecule has 2 aliphatic rings. The summed E-state index contributed by atoms with van der Waals surface area (Å²) >= 11 is 5.98. The van der Waals surface area contributed by atoms with Gasteiger partial charge in [0.05, 0.1) is 44.9 Å². The normalized spacial score (nSPS) is 20.4. The van der Waals surface area contributed by atoms with Gasteiger partial charge in [-0.05, 0) is 43.3 Å². The molecule has 4 rings (SSSR count). The molecule has 0 radical (unpaired) electrons. The molecule has 7 heteroatoms. The van der Waals surface area contributed by atoms with Gasteiger partial charge in [0.25, 0.3) is 5.91 Å². The van der Waals surface area contributed by atoms with Gasteiger partial charge in [-0.1, -0.05) is 17.7 Å². The van der Waals surface area contributed by atoms with Crippen molar-refractivity contribution in [2.45, 2.75) is 19.4 Å². The molecule has 0 spiro atoms. The molecule has 0 bridgehead atoms. The summed E-state index contributed by atoms with van der Waals surface area (Å²) in [6, 6.07) is 14.7. The van der Waals surface area contributed by atoms with Crippen molar-refractivity contribution in [3.8, 4) is 5.75 Å². The molecule has 2 aromatic rings. The largest absolute Gasteiger partial charge is 0.494 e. The third-order valence-corrected chi connectivity index (χ3v) is 5.88. The highest BCUT2D eigenvalue weighted by Gasteiger charge is 2.46. The van der Waals surface area contributed by atoms with E-state index in [4.69, 9.17) is 16.3 Å². The zero-order chi connectivity index (χ0) is 20.4. The van der Waals surface area contributed by atoms with Crippen molar-refractivity contribution < 1.29 is 19.2 Å². The van der Waals surface area contributed by atoms with Crippen LogP contribution >= 0.6 is 11.6 Å². The maximum Gasteiger partial charge on any atom is 0.292 e. The number of anilines is 2. The smallest absolute Gasteiger partial charge is 0.292 e. The van der Waals surface area contributed by atoms with Crippen molar-refractivity contribution in [2.24, 2.45) is 0 Å². The molecule has 152 valence electrons.